The van der Waals surface area contributed by atoms with Crippen molar-refractivity contribution in [1.82, 2.24) is 15.2 Å². The first-order valence-corrected chi connectivity index (χ1v) is 10.2. The van der Waals surface area contributed by atoms with Gasteiger partial charge in [0.25, 0.3) is 0 Å². The number of carboxylic acid groups (broad SMARTS) is 1. The summed E-state index contributed by atoms with van der Waals surface area (Å²) in [5, 5.41) is 24.8. The lowest BCUT2D eigenvalue weighted by molar-refractivity contribution is -0.133. The molecule has 0 aliphatic carbocycles. The molecular formula is C21H18N4O5S. The Hall–Kier alpha value is -3.76. The summed E-state index contributed by atoms with van der Waals surface area (Å²) in [5.74, 6) is 1.16. The van der Waals surface area contributed by atoms with Crippen LogP contribution in [0.3, 0.4) is 0 Å². The van der Waals surface area contributed by atoms with Gasteiger partial charge in [0.2, 0.25) is 5.16 Å². The number of rotatable bonds is 9. The summed E-state index contributed by atoms with van der Waals surface area (Å²) >= 11 is 1.03. The molecule has 0 amide bonds. The fourth-order valence-corrected chi connectivity index (χ4v) is 3.32. The fourth-order valence-electron chi connectivity index (χ4n) is 2.80. The Morgan fingerprint density at radius 3 is 2.81 bits per heavy atom. The van der Waals surface area contributed by atoms with E-state index >= 15 is 0 Å². The van der Waals surface area contributed by atoms with E-state index in [0.717, 1.165) is 22.9 Å². The van der Waals surface area contributed by atoms with Crippen LogP contribution < -0.4 is 10.2 Å². The molecule has 0 unspecified atom stereocenters. The molecule has 0 atom stereocenters. The number of furan rings is 1. The molecule has 10 heteroatoms. The first-order valence-electron chi connectivity index (χ1n) is 9.20. The summed E-state index contributed by atoms with van der Waals surface area (Å²) in [6.07, 6.45) is 0. The predicted molar refractivity (Wildman–Crippen MR) is 114 cm³/mol. The molecule has 0 aliphatic heterocycles. The van der Waals surface area contributed by atoms with Gasteiger partial charge in [0.15, 0.2) is 11.6 Å². The molecule has 0 saturated heterocycles. The van der Waals surface area contributed by atoms with Gasteiger partial charge in [-0.3, -0.25) is 20.6 Å². The van der Waals surface area contributed by atoms with Crippen LogP contribution in [0.1, 0.15) is 5.56 Å². The maximum absolute atomic E-state index is 10.7. The van der Waals surface area contributed by atoms with Gasteiger partial charge < -0.3 is 14.3 Å². The van der Waals surface area contributed by atoms with Gasteiger partial charge in [-0.15, -0.1) is 5.10 Å². The molecule has 9 nitrogen and oxygen atoms in total. The maximum atomic E-state index is 10.7. The Kier molecular flexibility index (Phi) is 6.20. The standard InChI is InChI=1S/C21H18N4O5S/c26-19(27)12-31-21-22-20(23-24-21)18-8-7-17(30-18)14-4-2-6-16(10-14)29-11-13-3-1-5-15(9-13)25-28/h1-10,25,28H,11-12H2,(H,26,27)(H,22,23,24). The Bertz CT molecular complexity index is 1190. The van der Waals surface area contributed by atoms with Crippen LogP contribution in [0.2, 0.25) is 0 Å². The van der Waals surface area contributed by atoms with Gasteiger partial charge in [-0.05, 0) is 42.0 Å². The van der Waals surface area contributed by atoms with Crippen molar-refractivity contribution in [3.05, 3.63) is 66.2 Å². The van der Waals surface area contributed by atoms with E-state index in [1.807, 2.05) is 42.5 Å². The molecule has 4 aromatic rings. The molecule has 0 saturated carbocycles. The number of aromatic nitrogens is 3. The van der Waals surface area contributed by atoms with Gasteiger partial charge in [0.1, 0.15) is 18.1 Å². The first kappa shape index (κ1) is 20.5. The number of thioether (sulfide) groups is 1. The Balaban J connectivity index is 1.44. The summed E-state index contributed by atoms with van der Waals surface area (Å²) in [4.78, 5) is 14.9. The summed E-state index contributed by atoms with van der Waals surface area (Å²) in [7, 11) is 0. The van der Waals surface area contributed by atoms with Crippen molar-refractivity contribution in [2.24, 2.45) is 0 Å². The fraction of sp³-hybridized carbons (Fsp3) is 0.0952. The summed E-state index contributed by atoms with van der Waals surface area (Å²) in [5.41, 5.74) is 4.45. The lowest BCUT2D eigenvalue weighted by atomic mass is 10.1. The third-order valence-corrected chi connectivity index (χ3v) is 5.04. The van der Waals surface area contributed by atoms with Gasteiger partial charge in [0.05, 0.1) is 11.4 Å². The smallest absolute Gasteiger partial charge is 0.313 e. The van der Waals surface area contributed by atoms with E-state index in [0.29, 0.717) is 40.5 Å². The minimum Gasteiger partial charge on any atom is -0.489 e. The average molecular weight is 438 g/mol. The number of nitrogens with one attached hydrogen (secondary N) is 2. The second-order valence-electron chi connectivity index (χ2n) is 6.44. The molecule has 0 aliphatic rings. The van der Waals surface area contributed by atoms with Crippen LogP contribution in [0.25, 0.3) is 22.9 Å². The van der Waals surface area contributed by atoms with Crippen molar-refractivity contribution in [2.45, 2.75) is 11.8 Å². The van der Waals surface area contributed by atoms with Crippen LogP contribution in [0, 0.1) is 0 Å². The van der Waals surface area contributed by atoms with Crippen molar-refractivity contribution in [1.29, 1.82) is 0 Å². The second kappa shape index (κ2) is 9.37. The van der Waals surface area contributed by atoms with Crippen LogP contribution in [-0.2, 0) is 11.4 Å². The molecule has 31 heavy (non-hydrogen) atoms. The molecular weight excluding hydrogens is 420 g/mol. The average Bonchev–Trinajstić information content (AvgIpc) is 3.46. The van der Waals surface area contributed by atoms with Crippen molar-refractivity contribution in [3.63, 3.8) is 0 Å². The summed E-state index contributed by atoms with van der Waals surface area (Å²) in [6.45, 7) is 0.344. The van der Waals surface area contributed by atoms with Crippen molar-refractivity contribution >= 4 is 23.4 Å². The van der Waals surface area contributed by atoms with E-state index in [-0.39, 0.29) is 5.75 Å². The topological polar surface area (TPSA) is 134 Å². The van der Waals surface area contributed by atoms with Gasteiger partial charge in [-0.1, -0.05) is 36.0 Å². The molecule has 0 bridgehead atoms. The minimum absolute atomic E-state index is 0.117. The van der Waals surface area contributed by atoms with Crippen molar-refractivity contribution in [3.8, 4) is 28.7 Å². The molecule has 2 aromatic carbocycles. The molecule has 0 spiro atoms. The number of aromatic amines is 1. The minimum atomic E-state index is -0.934. The highest BCUT2D eigenvalue weighted by molar-refractivity contribution is 7.99. The SMILES string of the molecule is O=C(O)CSc1n[nH]c(-c2ccc(-c3cccc(OCc4cccc(NO)c4)c3)o2)n1. The van der Waals surface area contributed by atoms with Gasteiger partial charge in [-0.2, -0.15) is 4.98 Å². The number of ether oxygens (including phenoxy) is 1. The molecule has 4 N–H and O–H groups in total. The number of carbonyl (C=O) groups is 1. The Labute approximate surface area is 181 Å². The maximum Gasteiger partial charge on any atom is 0.313 e. The molecule has 2 heterocycles. The zero-order valence-corrected chi connectivity index (χ0v) is 16.9. The van der Waals surface area contributed by atoms with Crippen molar-refractivity contribution < 1.29 is 24.3 Å². The van der Waals surface area contributed by atoms with Crippen LogP contribution in [0.15, 0.2) is 70.2 Å². The highest BCUT2D eigenvalue weighted by Gasteiger charge is 2.13. The van der Waals surface area contributed by atoms with E-state index in [4.69, 9.17) is 19.5 Å². The third-order valence-electron chi connectivity index (χ3n) is 4.21. The quantitative estimate of drug-likeness (QED) is 0.223. The summed E-state index contributed by atoms with van der Waals surface area (Å²) in [6, 6.07) is 18.4. The Morgan fingerprint density at radius 1 is 1.13 bits per heavy atom. The number of carboxylic acids is 1. The third kappa shape index (κ3) is 5.24. The second-order valence-corrected chi connectivity index (χ2v) is 7.38. The van der Waals surface area contributed by atoms with Gasteiger partial charge in [-0.25, -0.2) is 0 Å². The van der Waals surface area contributed by atoms with E-state index in [1.54, 1.807) is 18.2 Å². The van der Waals surface area contributed by atoms with Gasteiger partial charge >= 0.3 is 5.97 Å². The van der Waals surface area contributed by atoms with Crippen LogP contribution >= 0.6 is 11.8 Å². The monoisotopic (exact) mass is 438 g/mol. The van der Waals surface area contributed by atoms with Crippen LogP contribution in [-0.4, -0.2) is 37.2 Å². The number of hydrogen-bond acceptors (Lipinski definition) is 8. The molecule has 158 valence electrons. The molecule has 4 rings (SSSR count). The zero-order valence-electron chi connectivity index (χ0n) is 16.1. The van der Waals surface area contributed by atoms with E-state index in [1.165, 1.54) is 0 Å². The first-order chi connectivity index (χ1) is 15.1. The van der Waals surface area contributed by atoms with E-state index in [9.17, 15) is 4.79 Å². The lowest BCUT2D eigenvalue weighted by Gasteiger charge is -2.08. The van der Waals surface area contributed by atoms with E-state index < -0.39 is 5.97 Å². The highest BCUT2D eigenvalue weighted by atomic mass is 32.2. The number of nitrogens with zero attached hydrogens (tertiary/aromatic N) is 2. The number of hydrogen-bond donors (Lipinski definition) is 4. The molecule has 0 radical (unpaired) electrons. The molecule has 2 aromatic heterocycles. The largest absolute Gasteiger partial charge is 0.489 e. The van der Waals surface area contributed by atoms with Crippen molar-refractivity contribution in [2.75, 3.05) is 11.2 Å². The lowest BCUT2D eigenvalue weighted by Crippen LogP contribution is -1.97. The predicted octanol–water partition coefficient (Wildman–Crippen LogP) is 4.29. The van der Waals surface area contributed by atoms with Gasteiger partial charge in [0, 0.05) is 5.56 Å². The number of anilines is 1. The highest BCUT2D eigenvalue weighted by Crippen LogP contribution is 2.30. The van der Waals surface area contributed by atoms with Crippen LogP contribution in [0.5, 0.6) is 5.75 Å². The zero-order chi connectivity index (χ0) is 21.6. The number of benzene rings is 2. The Morgan fingerprint density at radius 2 is 1.97 bits per heavy atom. The normalized spacial score (nSPS) is 10.7. The summed E-state index contributed by atoms with van der Waals surface area (Å²) < 4.78 is 11.8. The number of aliphatic carboxylic acids is 1. The van der Waals surface area contributed by atoms with Crippen LogP contribution in [0.4, 0.5) is 5.69 Å². The molecule has 0 fully saturated rings. The van der Waals surface area contributed by atoms with E-state index in [2.05, 4.69) is 20.7 Å². The number of H-pyrrole nitrogens is 1.